The number of H-pyrrole nitrogens is 1. The maximum atomic E-state index is 13.8. The molecule has 16 N–H and O–H groups in total. The summed E-state index contributed by atoms with van der Waals surface area (Å²) >= 11 is 0. The number of hydrogen-bond acceptors (Lipinski definition) is 8. The Morgan fingerprint density at radius 3 is 1.98 bits per heavy atom. The summed E-state index contributed by atoms with van der Waals surface area (Å²) in [4.78, 5) is 91.3. The summed E-state index contributed by atoms with van der Waals surface area (Å²) in [5, 5.41) is 14.2. The minimum absolute atomic E-state index is 0.0697. The van der Waals surface area contributed by atoms with Crippen LogP contribution in [-0.4, -0.2) is 89.6 Å². The zero-order chi connectivity index (χ0) is 44.5. The molecule has 4 aromatic rings. The van der Waals surface area contributed by atoms with E-state index in [-0.39, 0.29) is 62.0 Å². The van der Waals surface area contributed by atoms with Crippen LogP contribution < -0.4 is 55.3 Å². The first kappa shape index (κ1) is 46.3. The van der Waals surface area contributed by atoms with Gasteiger partial charge in [-0.25, -0.2) is 4.99 Å². The lowest BCUT2D eigenvalue weighted by molar-refractivity contribution is -0.133. The van der Waals surface area contributed by atoms with E-state index in [0.29, 0.717) is 5.69 Å². The molecule has 324 valence electrons. The zero-order valence-corrected chi connectivity index (χ0v) is 34.2. The number of carbonyl (C=O) groups is 6. The fourth-order valence-corrected chi connectivity index (χ4v) is 6.44. The number of nitrogens with two attached hydrogens (primary N) is 5. The lowest BCUT2D eigenvalue weighted by Gasteiger charge is -2.26. The molecule has 6 amide bonds. The summed E-state index contributed by atoms with van der Waals surface area (Å²) < 4.78 is 0. The first-order valence-corrected chi connectivity index (χ1v) is 19.7. The van der Waals surface area contributed by atoms with Crippen LogP contribution in [0.15, 0.2) is 95.0 Å². The second-order valence-corrected chi connectivity index (χ2v) is 14.8. The molecule has 0 aliphatic carbocycles. The highest BCUT2D eigenvalue weighted by molar-refractivity contribution is 5.99. The van der Waals surface area contributed by atoms with Crippen molar-refractivity contribution in [2.24, 2.45) is 44.6 Å². The number of rotatable bonds is 22. The Balaban J connectivity index is 1.44. The van der Waals surface area contributed by atoms with Gasteiger partial charge in [0.25, 0.3) is 5.91 Å². The quantitative estimate of drug-likeness (QED) is 0.0282. The highest BCUT2D eigenvalue weighted by atomic mass is 16.2. The molecular weight excluding hydrogens is 783 g/mol. The first-order chi connectivity index (χ1) is 29.1. The van der Waals surface area contributed by atoms with Crippen molar-refractivity contribution in [2.75, 3.05) is 13.1 Å². The van der Waals surface area contributed by atoms with Gasteiger partial charge < -0.3 is 60.2 Å². The molecule has 4 atom stereocenters. The Hall–Kier alpha value is -7.44. The first-order valence-electron chi connectivity index (χ1n) is 19.7. The van der Waals surface area contributed by atoms with Crippen molar-refractivity contribution in [1.82, 2.24) is 31.6 Å². The molecule has 0 spiro atoms. The normalized spacial score (nSPS) is 12.8. The maximum absolute atomic E-state index is 13.8. The Morgan fingerprint density at radius 1 is 0.672 bits per heavy atom. The molecule has 61 heavy (non-hydrogen) atoms. The van der Waals surface area contributed by atoms with Gasteiger partial charge in [0, 0.05) is 42.0 Å². The number of nitrogens with one attached hydrogen (secondary N) is 6. The van der Waals surface area contributed by atoms with Crippen molar-refractivity contribution < 1.29 is 28.8 Å². The summed E-state index contributed by atoms with van der Waals surface area (Å²) in [6.45, 7) is 3.31. The fourth-order valence-electron chi connectivity index (χ4n) is 6.44. The maximum Gasteiger partial charge on any atom is 0.251 e. The van der Waals surface area contributed by atoms with Gasteiger partial charge in [-0.1, -0.05) is 62.4 Å². The summed E-state index contributed by atoms with van der Waals surface area (Å²) in [6, 6.07) is 18.0. The van der Waals surface area contributed by atoms with Gasteiger partial charge in [-0.15, -0.1) is 0 Å². The molecular formula is C42H55N13O6. The van der Waals surface area contributed by atoms with Crippen LogP contribution in [0.5, 0.6) is 0 Å². The third kappa shape index (κ3) is 15.0. The predicted octanol–water partition coefficient (Wildman–Crippen LogP) is -0.188. The highest BCUT2D eigenvalue weighted by Gasteiger charge is 2.30. The summed E-state index contributed by atoms with van der Waals surface area (Å²) in [6.07, 6.45) is 2.45. The smallest absolute Gasteiger partial charge is 0.251 e. The van der Waals surface area contributed by atoms with E-state index in [0.717, 1.165) is 22.0 Å². The molecule has 0 radical (unpaired) electrons. The summed E-state index contributed by atoms with van der Waals surface area (Å²) in [5.41, 5.74) is 30.6. The number of aliphatic imine (C=N–C) groups is 2. The highest BCUT2D eigenvalue weighted by Crippen LogP contribution is 2.19. The fraction of sp³-hybridized carbons (Fsp3) is 0.333. The molecule has 0 fully saturated rings. The van der Waals surface area contributed by atoms with E-state index in [2.05, 4.69) is 41.6 Å². The van der Waals surface area contributed by atoms with E-state index in [1.54, 1.807) is 42.6 Å². The Labute approximate surface area is 353 Å². The number of benzene rings is 3. The van der Waals surface area contributed by atoms with Crippen molar-refractivity contribution in [2.45, 2.75) is 70.1 Å². The lowest BCUT2D eigenvalue weighted by Crippen LogP contribution is -2.57. The van der Waals surface area contributed by atoms with Gasteiger partial charge in [0.05, 0.1) is 12.2 Å². The Morgan fingerprint density at radius 2 is 1.33 bits per heavy atom. The number of guanidine groups is 2. The number of para-hydroxylation sites is 1. The van der Waals surface area contributed by atoms with Gasteiger partial charge in [0.2, 0.25) is 29.5 Å². The third-order valence-corrected chi connectivity index (χ3v) is 9.41. The van der Waals surface area contributed by atoms with E-state index >= 15 is 0 Å². The molecule has 19 nitrogen and oxygen atoms in total. The van der Waals surface area contributed by atoms with Crippen LogP contribution in [0.2, 0.25) is 0 Å². The molecule has 0 aliphatic rings. The standard InChI is InChI=1S/C42H55N13O6/c1-24(2)19-33(40(61)53-31(13-8-18-48-41(44)45)39(60)54-32(36(43)57)21-27-22-49-30-12-7-6-11-29(27)30)52-35(56)23-50-38(59)34(20-25-9-4-3-5-10-25)55-37(58)26-14-16-28(17-15-26)51-42(46)47/h3-7,9-12,14-17,22,24,31-34,49H,8,13,18-21,23H2,1-2H3,(H2,43,57)(H,50,59)(H,52,56)(H,53,61)(H,54,60)(H,55,58)(H4,44,45,48)(H4,46,47,51)/t31-,32-,33-,34-/m0/s1. The minimum Gasteiger partial charge on any atom is -0.370 e. The second-order valence-electron chi connectivity index (χ2n) is 14.8. The number of amides is 6. The molecule has 1 heterocycles. The van der Waals surface area contributed by atoms with E-state index in [9.17, 15) is 28.8 Å². The van der Waals surface area contributed by atoms with E-state index in [1.165, 1.54) is 12.1 Å². The third-order valence-electron chi connectivity index (χ3n) is 9.41. The van der Waals surface area contributed by atoms with E-state index in [4.69, 9.17) is 28.7 Å². The number of hydrogen-bond donors (Lipinski definition) is 11. The van der Waals surface area contributed by atoms with Crippen LogP contribution in [0.1, 0.15) is 54.6 Å². The largest absolute Gasteiger partial charge is 0.370 e. The molecule has 0 saturated carbocycles. The van der Waals surface area contributed by atoms with Gasteiger partial charge in [0.1, 0.15) is 24.2 Å². The van der Waals surface area contributed by atoms with Crippen LogP contribution >= 0.6 is 0 Å². The van der Waals surface area contributed by atoms with Crippen molar-refractivity contribution in [3.05, 3.63) is 102 Å². The molecule has 1 aromatic heterocycles. The topological polar surface area (TPSA) is 333 Å². The van der Waals surface area contributed by atoms with Crippen molar-refractivity contribution in [3.8, 4) is 0 Å². The van der Waals surface area contributed by atoms with E-state index < -0.39 is 66.2 Å². The SMILES string of the molecule is CC(C)C[C@H](NC(=O)CNC(=O)[C@H](Cc1ccccc1)NC(=O)c1ccc(N=C(N)N)cc1)C(=O)N[C@@H](CCCN=C(N)N)C(=O)N[C@@H](Cc1c[nH]c2ccccc12)C(N)=O. The zero-order valence-electron chi connectivity index (χ0n) is 34.2. The Kier molecular flexibility index (Phi) is 17.2. The molecule has 0 bridgehead atoms. The van der Waals surface area contributed by atoms with Crippen molar-refractivity contribution in [3.63, 3.8) is 0 Å². The second kappa shape index (κ2) is 22.6. The number of carbonyl (C=O) groups excluding carboxylic acids is 6. The van der Waals surface area contributed by atoms with Crippen LogP contribution in [-0.2, 0) is 36.8 Å². The molecule has 19 heteroatoms. The average molecular weight is 838 g/mol. The predicted molar refractivity (Wildman–Crippen MR) is 233 cm³/mol. The molecule has 4 rings (SSSR count). The van der Waals surface area contributed by atoms with Gasteiger partial charge in [-0.05, 0) is 66.6 Å². The van der Waals surface area contributed by atoms with Gasteiger partial charge in [0.15, 0.2) is 11.9 Å². The van der Waals surface area contributed by atoms with Crippen molar-refractivity contribution >= 4 is 64.0 Å². The lowest BCUT2D eigenvalue weighted by atomic mass is 10.0. The van der Waals surface area contributed by atoms with E-state index in [1.807, 2.05) is 44.2 Å². The summed E-state index contributed by atoms with van der Waals surface area (Å²) in [5.74, 6) is -4.42. The molecule has 0 unspecified atom stereocenters. The van der Waals surface area contributed by atoms with Crippen LogP contribution in [0.25, 0.3) is 10.9 Å². The number of nitrogens with zero attached hydrogens (tertiary/aromatic N) is 2. The Bertz CT molecular complexity index is 2200. The number of aromatic amines is 1. The summed E-state index contributed by atoms with van der Waals surface area (Å²) in [7, 11) is 0. The van der Waals surface area contributed by atoms with Crippen LogP contribution in [0, 0.1) is 5.92 Å². The van der Waals surface area contributed by atoms with Crippen molar-refractivity contribution in [1.29, 1.82) is 0 Å². The molecule has 3 aromatic carbocycles. The van der Waals surface area contributed by atoms with Crippen LogP contribution in [0.3, 0.4) is 0 Å². The van der Waals surface area contributed by atoms with Gasteiger partial charge in [-0.3, -0.25) is 33.8 Å². The van der Waals surface area contributed by atoms with Gasteiger partial charge >= 0.3 is 0 Å². The minimum atomic E-state index is -1.18. The molecule has 0 aliphatic heterocycles. The average Bonchev–Trinajstić information content (AvgIpc) is 3.62. The monoisotopic (exact) mass is 837 g/mol. The number of primary amides is 1. The number of fused-ring (bicyclic) bond motifs is 1. The molecule has 0 saturated heterocycles. The number of aromatic nitrogens is 1. The van der Waals surface area contributed by atoms with Crippen LogP contribution in [0.4, 0.5) is 5.69 Å². The van der Waals surface area contributed by atoms with Gasteiger partial charge in [-0.2, -0.15) is 0 Å².